The summed E-state index contributed by atoms with van der Waals surface area (Å²) in [5.41, 5.74) is 2.08. The molecule has 5 heteroatoms. The van der Waals surface area contributed by atoms with Gasteiger partial charge in [-0.05, 0) is 76.0 Å². The quantitative estimate of drug-likeness (QED) is 0.902. The lowest BCUT2D eigenvalue weighted by molar-refractivity contribution is 0.0885. The number of aryl methyl sites for hydroxylation is 2. The third-order valence-electron chi connectivity index (χ3n) is 6.09. The summed E-state index contributed by atoms with van der Waals surface area (Å²) in [6.45, 7) is 6.69. The fourth-order valence-corrected chi connectivity index (χ4v) is 4.86. The van der Waals surface area contributed by atoms with Crippen molar-refractivity contribution in [3.63, 3.8) is 0 Å². The molecule has 5 nitrogen and oxygen atoms in total. The first-order valence-corrected chi connectivity index (χ1v) is 9.40. The Bertz CT molecular complexity index is 776. The maximum absolute atomic E-state index is 12.5. The van der Waals surface area contributed by atoms with Gasteiger partial charge in [0.25, 0.3) is 5.91 Å². The van der Waals surface area contributed by atoms with Crippen molar-refractivity contribution in [2.45, 2.75) is 59.0 Å². The van der Waals surface area contributed by atoms with Crippen molar-refractivity contribution in [2.75, 3.05) is 0 Å². The van der Waals surface area contributed by atoms with Crippen LogP contribution in [0.2, 0.25) is 0 Å². The van der Waals surface area contributed by atoms with E-state index in [4.69, 9.17) is 4.42 Å². The molecule has 0 unspecified atom stereocenters. The Kier molecular flexibility index (Phi) is 4.18. The van der Waals surface area contributed by atoms with Crippen molar-refractivity contribution in [3.05, 3.63) is 41.1 Å². The summed E-state index contributed by atoms with van der Waals surface area (Å²) < 4.78 is 7.66. The minimum atomic E-state index is -0.102. The van der Waals surface area contributed by atoms with Crippen LogP contribution >= 0.6 is 0 Å². The number of furan rings is 1. The molecule has 1 N–H and O–H groups in total. The summed E-state index contributed by atoms with van der Waals surface area (Å²) >= 11 is 0. The van der Waals surface area contributed by atoms with E-state index >= 15 is 0 Å². The molecule has 2 aromatic rings. The van der Waals surface area contributed by atoms with E-state index in [1.807, 2.05) is 30.7 Å². The Labute approximate surface area is 148 Å². The zero-order valence-corrected chi connectivity index (χ0v) is 15.3. The second-order valence-electron chi connectivity index (χ2n) is 7.95. The van der Waals surface area contributed by atoms with Crippen LogP contribution in [0.3, 0.4) is 0 Å². The molecule has 4 atom stereocenters. The highest BCUT2D eigenvalue weighted by Gasteiger charge is 2.42. The molecule has 0 aliphatic heterocycles. The fraction of sp³-hybridized carbons (Fsp3) is 0.600. The lowest BCUT2D eigenvalue weighted by Gasteiger charge is -2.28. The van der Waals surface area contributed by atoms with Gasteiger partial charge in [-0.15, -0.1) is 0 Å². The number of nitrogens with one attached hydrogen (secondary N) is 1. The number of rotatable bonds is 5. The third-order valence-corrected chi connectivity index (χ3v) is 6.09. The molecular weight excluding hydrogens is 314 g/mol. The molecule has 0 radical (unpaired) electrons. The summed E-state index contributed by atoms with van der Waals surface area (Å²) in [4.78, 5) is 12.5. The highest BCUT2D eigenvalue weighted by Crippen LogP contribution is 2.49. The van der Waals surface area contributed by atoms with Gasteiger partial charge in [-0.1, -0.05) is 6.42 Å². The van der Waals surface area contributed by atoms with Crippen molar-refractivity contribution in [1.29, 1.82) is 0 Å². The highest BCUT2D eigenvalue weighted by atomic mass is 16.4. The Hall–Kier alpha value is -2.04. The first-order chi connectivity index (χ1) is 12.0. The molecular formula is C20H27N3O2. The molecule has 0 aromatic carbocycles. The first kappa shape index (κ1) is 16.4. The average Bonchev–Trinajstić information content (AvgIpc) is 3.33. The molecule has 2 aliphatic rings. The highest BCUT2D eigenvalue weighted by molar-refractivity contribution is 5.91. The first-order valence-electron chi connectivity index (χ1n) is 9.40. The zero-order valence-electron chi connectivity index (χ0n) is 15.3. The van der Waals surface area contributed by atoms with E-state index in [-0.39, 0.29) is 11.9 Å². The third kappa shape index (κ3) is 3.24. The largest absolute Gasteiger partial charge is 0.454 e. The van der Waals surface area contributed by atoms with Crippen LogP contribution in [0.25, 0.3) is 0 Å². The van der Waals surface area contributed by atoms with Crippen molar-refractivity contribution in [1.82, 2.24) is 15.1 Å². The molecule has 2 saturated carbocycles. The molecule has 4 rings (SSSR count). The van der Waals surface area contributed by atoms with Crippen LogP contribution in [-0.4, -0.2) is 21.7 Å². The van der Waals surface area contributed by atoms with E-state index in [1.165, 1.54) is 25.7 Å². The molecule has 25 heavy (non-hydrogen) atoms. The number of hydrogen-bond acceptors (Lipinski definition) is 3. The molecule has 1 amide bonds. The minimum absolute atomic E-state index is 0.102. The number of fused-ring (bicyclic) bond motifs is 2. The second-order valence-corrected chi connectivity index (χ2v) is 7.95. The predicted molar refractivity (Wildman–Crippen MR) is 95.4 cm³/mol. The summed E-state index contributed by atoms with van der Waals surface area (Å²) in [7, 11) is 0. The Morgan fingerprint density at radius 2 is 2.20 bits per heavy atom. The van der Waals surface area contributed by atoms with Gasteiger partial charge < -0.3 is 9.73 Å². The normalized spacial score (nSPS) is 26.1. The van der Waals surface area contributed by atoms with Gasteiger partial charge in [0.05, 0.1) is 12.2 Å². The van der Waals surface area contributed by atoms with Crippen LogP contribution < -0.4 is 5.32 Å². The van der Waals surface area contributed by atoms with Crippen molar-refractivity contribution in [2.24, 2.45) is 17.8 Å². The smallest absolute Gasteiger partial charge is 0.287 e. The molecule has 2 aliphatic carbocycles. The van der Waals surface area contributed by atoms with Crippen LogP contribution in [0.15, 0.2) is 22.6 Å². The maximum atomic E-state index is 12.5. The molecule has 2 heterocycles. The van der Waals surface area contributed by atoms with E-state index < -0.39 is 0 Å². The zero-order chi connectivity index (χ0) is 17.6. The Morgan fingerprint density at radius 3 is 2.84 bits per heavy atom. The van der Waals surface area contributed by atoms with Crippen LogP contribution in [0.5, 0.6) is 0 Å². The molecule has 0 spiro atoms. The van der Waals surface area contributed by atoms with Gasteiger partial charge in [0.15, 0.2) is 5.76 Å². The Balaban J connectivity index is 1.38. The van der Waals surface area contributed by atoms with Gasteiger partial charge in [-0.2, -0.15) is 5.10 Å². The van der Waals surface area contributed by atoms with E-state index in [9.17, 15) is 4.79 Å². The number of aromatic nitrogens is 2. The summed E-state index contributed by atoms with van der Waals surface area (Å²) in [5, 5.41) is 7.60. The standard InChI is InChI=1S/C20H27N3O2/c1-12-8-13(2)23(22-12)11-17-6-7-19(25-17)20(24)21-14(3)18-10-15-4-5-16(18)9-15/h6-8,14-16,18H,4-5,9-11H2,1-3H3,(H,21,24)/t14-,15-,16-,18+/m0/s1. The molecule has 2 bridgehead atoms. The van der Waals surface area contributed by atoms with Gasteiger partial charge in [0.2, 0.25) is 0 Å². The van der Waals surface area contributed by atoms with Crippen LogP contribution in [0.1, 0.15) is 60.3 Å². The van der Waals surface area contributed by atoms with Gasteiger partial charge in [0, 0.05) is 11.7 Å². The fourth-order valence-electron chi connectivity index (χ4n) is 4.86. The predicted octanol–water partition coefficient (Wildman–Crippen LogP) is 3.70. The molecule has 2 aromatic heterocycles. The van der Waals surface area contributed by atoms with E-state index in [2.05, 4.69) is 17.3 Å². The van der Waals surface area contributed by atoms with Crippen LogP contribution in [-0.2, 0) is 6.54 Å². The monoisotopic (exact) mass is 341 g/mol. The lowest BCUT2D eigenvalue weighted by atomic mass is 9.84. The van der Waals surface area contributed by atoms with Crippen molar-refractivity contribution in [3.8, 4) is 0 Å². The number of carbonyl (C=O) groups excluding carboxylic acids is 1. The summed E-state index contributed by atoms with van der Waals surface area (Å²) in [5.74, 6) is 3.38. The molecule has 2 fully saturated rings. The van der Waals surface area contributed by atoms with E-state index in [0.717, 1.165) is 29.0 Å². The SMILES string of the molecule is Cc1cc(C)n(Cc2ccc(C(=O)N[C@@H](C)[C@H]3C[C@H]4CC[C@H]3C4)o2)n1. The molecule has 134 valence electrons. The Morgan fingerprint density at radius 1 is 1.36 bits per heavy atom. The van der Waals surface area contributed by atoms with Crippen LogP contribution in [0, 0.1) is 31.6 Å². The van der Waals surface area contributed by atoms with E-state index in [0.29, 0.717) is 18.2 Å². The summed E-state index contributed by atoms with van der Waals surface area (Å²) in [6.07, 6.45) is 5.35. The van der Waals surface area contributed by atoms with E-state index in [1.54, 1.807) is 6.07 Å². The van der Waals surface area contributed by atoms with Gasteiger partial charge in [-0.25, -0.2) is 0 Å². The number of nitrogens with zero attached hydrogens (tertiary/aromatic N) is 2. The minimum Gasteiger partial charge on any atom is -0.454 e. The van der Waals surface area contributed by atoms with Gasteiger partial charge in [-0.3, -0.25) is 9.48 Å². The number of carbonyl (C=O) groups is 1. The van der Waals surface area contributed by atoms with Crippen LogP contribution in [0.4, 0.5) is 0 Å². The second kappa shape index (κ2) is 6.36. The average molecular weight is 341 g/mol. The van der Waals surface area contributed by atoms with Crippen molar-refractivity contribution < 1.29 is 9.21 Å². The van der Waals surface area contributed by atoms with Gasteiger partial charge in [0.1, 0.15) is 5.76 Å². The number of hydrogen-bond donors (Lipinski definition) is 1. The number of amides is 1. The summed E-state index contributed by atoms with van der Waals surface area (Å²) in [6, 6.07) is 5.89. The lowest BCUT2D eigenvalue weighted by Crippen LogP contribution is -2.40. The topological polar surface area (TPSA) is 60.1 Å². The maximum Gasteiger partial charge on any atom is 0.287 e. The van der Waals surface area contributed by atoms with Gasteiger partial charge >= 0.3 is 0 Å². The molecule has 0 saturated heterocycles. The van der Waals surface area contributed by atoms with Crippen molar-refractivity contribution >= 4 is 5.91 Å².